The van der Waals surface area contributed by atoms with Crippen molar-refractivity contribution in [2.24, 2.45) is 0 Å². The molecule has 0 aliphatic carbocycles. The van der Waals surface area contributed by atoms with E-state index < -0.39 is 0 Å². The van der Waals surface area contributed by atoms with Gasteiger partial charge in [-0.05, 0) is 0 Å². The molecule has 0 amide bonds. The van der Waals surface area contributed by atoms with Crippen LogP contribution in [0.25, 0.3) is 10.9 Å². The Kier molecular flexibility index (Phi) is 1.30. The molecule has 0 saturated carbocycles. The summed E-state index contributed by atoms with van der Waals surface area (Å²) in [5.74, 6) is 0. The van der Waals surface area contributed by atoms with Gasteiger partial charge in [-0.25, -0.2) is 0 Å². The van der Waals surface area contributed by atoms with Crippen LogP contribution in [0.2, 0.25) is 0 Å². The Morgan fingerprint density at radius 2 is 2.17 bits per heavy atom. The van der Waals surface area contributed by atoms with Crippen LogP contribution in [0.1, 0.15) is 0 Å². The number of pyridine rings is 1. The van der Waals surface area contributed by atoms with Gasteiger partial charge in [0.25, 0.3) is 0 Å². The van der Waals surface area contributed by atoms with Gasteiger partial charge in [0.05, 0.1) is 0 Å². The zero-order valence-corrected chi connectivity index (χ0v) is 6.04. The average molecular weight is 163 g/mol. The van der Waals surface area contributed by atoms with Crippen LogP contribution in [-0.4, -0.2) is 4.98 Å². The van der Waals surface area contributed by atoms with Crippen molar-refractivity contribution in [3.63, 3.8) is 0 Å². The van der Waals surface area contributed by atoms with Gasteiger partial charge in [-0.15, -0.1) is 9.46 Å². The number of nitrogens with zero attached hydrogens (tertiary/aromatic N) is 3. The normalized spacial score (nSPS) is 10.3. The van der Waals surface area contributed by atoms with Crippen molar-refractivity contribution in [3.8, 4) is 0 Å². The van der Waals surface area contributed by atoms with Gasteiger partial charge in [-0.3, -0.25) is 4.98 Å². The molecule has 2 heterocycles. The van der Waals surface area contributed by atoms with Crippen LogP contribution in [0.15, 0.2) is 31.0 Å². The van der Waals surface area contributed by atoms with Crippen molar-refractivity contribution in [2.45, 2.75) is 0 Å². The summed E-state index contributed by atoms with van der Waals surface area (Å²) in [5, 5.41) is 22.4. The van der Waals surface area contributed by atoms with Gasteiger partial charge in [0.15, 0.2) is 0 Å². The SMILES string of the molecule is [O-][n+]1cc2cnccc2[n+]([O-])c1. The Hall–Kier alpha value is -1.91. The van der Waals surface area contributed by atoms with Crippen LogP contribution < -0.4 is 9.46 Å². The fourth-order valence-corrected chi connectivity index (χ4v) is 1.04. The van der Waals surface area contributed by atoms with Crippen LogP contribution in [0, 0.1) is 10.4 Å². The van der Waals surface area contributed by atoms with Crippen LogP contribution in [0.4, 0.5) is 0 Å². The lowest BCUT2D eigenvalue weighted by molar-refractivity contribution is -0.730. The minimum Gasteiger partial charge on any atom is -0.614 e. The Bertz CT molecular complexity index is 430. The zero-order chi connectivity index (χ0) is 8.55. The summed E-state index contributed by atoms with van der Waals surface area (Å²) in [6.07, 6.45) is 5.20. The summed E-state index contributed by atoms with van der Waals surface area (Å²) in [4.78, 5) is 3.79. The Balaban J connectivity index is 2.89. The topological polar surface area (TPSA) is 66.8 Å². The third kappa shape index (κ3) is 0.914. The maximum Gasteiger partial charge on any atom is 0.430 e. The Morgan fingerprint density at radius 3 is 3.00 bits per heavy atom. The summed E-state index contributed by atoms with van der Waals surface area (Å²) in [5.41, 5.74) is 0.442. The first-order valence-corrected chi connectivity index (χ1v) is 3.33. The van der Waals surface area contributed by atoms with Crippen LogP contribution in [0.3, 0.4) is 0 Å². The number of fused-ring (bicyclic) bond motifs is 1. The molecule has 0 atom stereocenters. The van der Waals surface area contributed by atoms with Crippen LogP contribution in [-0.2, 0) is 0 Å². The van der Waals surface area contributed by atoms with Gasteiger partial charge in [0.2, 0.25) is 11.7 Å². The molecule has 0 unspecified atom stereocenters. The molecule has 0 spiro atoms. The lowest BCUT2D eigenvalue weighted by Crippen LogP contribution is -2.40. The molecule has 0 bridgehead atoms. The van der Waals surface area contributed by atoms with Gasteiger partial charge < -0.3 is 10.4 Å². The average Bonchev–Trinajstić information content (AvgIpc) is 2.04. The van der Waals surface area contributed by atoms with Crippen molar-refractivity contribution in [1.29, 1.82) is 0 Å². The molecule has 2 aromatic heterocycles. The molecule has 2 rings (SSSR count). The van der Waals surface area contributed by atoms with E-state index in [0.717, 1.165) is 6.33 Å². The minimum absolute atomic E-state index is 0.442. The number of hydrogen-bond acceptors (Lipinski definition) is 3. The maximum atomic E-state index is 11.1. The van der Waals surface area contributed by atoms with Crippen molar-refractivity contribution in [3.05, 3.63) is 41.4 Å². The van der Waals surface area contributed by atoms with E-state index in [1.54, 1.807) is 6.07 Å². The predicted octanol–water partition coefficient (Wildman–Crippen LogP) is -0.498. The molecular formula is C7H5N3O2. The molecule has 2 aromatic rings. The van der Waals surface area contributed by atoms with Gasteiger partial charge in [-0.2, -0.15) is 0 Å². The lowest BCUT2D eigenvalue weighted by atomic mass is 10.3. The highest BCUT2D eigenvalue weighted by Crippen LogP contribution is 2.02. The van der Waals surface area contributed by atoms with E-state index >= 15 is 0 Å². The molecule has 5 nitrogen and oxygen atoms in total. The molecule has 0 aliphatic rings. The van der Waals surface area contributed by atoms with Gasteiger partial charge in [-0.1, -0.05) is 0 Å². The second kappa shape index (κ2) is 2.30. The van der Waals surface area contributed by atoms with Gasteiger partial charge in [0, 0.05) is 18.5 Å². The molecule has 0 saturated heterocycles. The van der Waals surface area contributed by atoms with E-state index in [4.69, 9.17) is 0 Å². The molecule has 0 radical (unpaired) electrons. The molecule has 60 valence electrons. The lowest BCUT2D eigenvalue weighted by Gasteiger charge is -1.99. The summed E-state index contributed by atoms with van der Waals surface area (Å²) in [6.45, 7) is 0. The number of rotatable bonds is 0. The van der Waals surface area contributed by atoms with Gasteiger partial charge >= 0.3 is 6.33 Å². The maximum absolute atomic E-state index is 11.1. The molecular weight excluding hydrogens is 158 g/mol. The largest absolute Gasteiger partial charge is 0.614 e. The molecule has 0 aliphatic heterocycles. The fourth-order valence-electron chi connectivity index (χ4n) is 1.04. The van der Waals surface area contributed by atoms with Crippen molar-refractivity contribution in [1.82, 2.24) is 4.98 Å². The Morgan fingerprint density at radius 1 is 1.33 bits per heavy atom. The van der Waals surface area contributed by atoms with E-state index in [2.05, 4.69) is 4.98 Å². The third-order valence-corrected chi connectivity index (χ3v) is 1.55. The highest BCUT2D eigenvalue weighted by Gasteiger charge is 2.07. The van der Waals surface area contributed by atoms with Gasteiger partial charge in [0.1, 0.15) is 5.39 Å². The molecule has 0 fully saturated rings. The number of aromatic nitrogens is 3. The smallest absolute Gasteiger partial charge is 0.430 e. The second-order valence-electron chi connectivity index (χ2n) is 2.36. The van der Waals surface area contributed by atoms with E-state index in [1.807, 2.05) is 0 Å². The molecule has 12 heavy (non-hydrogen) atoms. The van der Waals surface area contributed by atoms with Crippen LogP contribution in [0.5, 0.6) is 0 Å². The summed E-state index contributed by atoms with van der Waals surface area (Å²) in [6, 6.07) is 1.56. The monoisotopic (exact) mass is 163 g/mol. The molecule has 5 heteroatoms. The van der Waals surface area contributed by atoms with E-state index in [1.165, 1.54) is 18.6 Å². The first-order valence-electron chi connectivity index (χ1n) is 3.33. The van der Waals surface area contributed by atoms with E-state index in [-0.39, 0.29) is 0 Å². The first-order chi connectivity index (χ1) is 5.77. The third-order valence-electron chi connectivity index (χ3n) is 1.55. The van der Waals surface area contributed by atoms with E-state index in [9.17, 15) is 10.4 Å². The quantitative estimate of drug-likeness (QED) is 0.388. The summed E-state index contributed by atoms with van der Waals surface area (Å²) in [7, 11) is 0. The minimum atomic E-state index is 0.442. The van der Waals surface area contributed by atoms with Crippen molar-refractivity contribution >= 4 is 10.9 Å². The van der Waals surface area contributed by atoms with E-state index in [0.29, 0.717) is 20.4 Å². The summed E-state index contributed by atoms with van der Waals surface area (Å²) >= 11 is 0. The fraction of sp³-hybridized carbons (Fsp3) is 0. The first kappa shape index (κ1) is 6.78. The predicted molar refractivity (Wildman–Crippen MR) is 39.7 cm³/mol. The second-order valence-corrected chi connectivity index (χ2v) is 2.36. The molecule has 0 N–H and O–H groups in total. The van der Waals surface area contributed by atoms with Crippen molar-refractivity contribution in [2.75, 3.05) is 0 Å². The number of hydrogen-bond donors (Lipinski definition) is 0. The molecule has 0 aromatic carbocycles. The highest BCUT2D eigenvalue weighted by molar-refractivity contribution is 5.72. The standard InChI is InChI=1S/C7H5N3O2/c11-9-4-6-3-8-2-1-7(6)10(12)5-9/h1-5H. The van der Waals surface area contributed by atoms with Crippen molar-refractivity contribution < 1.29 is 9.46 Å². The Labute approximate surface area is 67.7 Å². The summed E-state index contributed by atoms with van der Waals surface area (Å²) < 4.78 is 0.973. The van der Waals surface area contributed by atoms with Crippen LogP contribution >= 0.6 is 0 Å². The highest BCUT2D eigenvalue weighted by atomic mass is 16.5. The zero-order valence-electron chi connectivity index (χ0n) is 6.04.